The zero-order valence-corrected chi connectivity index (χ0v) is 20.4. The summed E-state index contributed by atoms with van der Waals surface area (Å²) in [5, 5.41) is 11.4. The molecule has 180 valence electrons. The van der Waals surface area contributed by atoms with Gasteiger partial charge in [0.05, 0.1) is 5.52 Å². The number of fused-ring (bicyclic) bond motifs is 1. The van der Waals surface area contributed by atoms with Gasteiger partial charge in [-0.25, -0.2) is 4.68 Å². The number of aryl methyl sites for hydroxylation is 1. The van der Waals surface area contributed by atoms with Crippen molar-refractivity contribution in [3.63, 3.8) is 0 Å². The van der Waals surface area contributed by atoms with Crippen molar-refractivity contribution < 1.29 is 9.59 Å². The maximum atomic E-state index is 13.9. The number of amides is 2. The zero-order chi connectivity index (χ0) is 24.8. The predicted molar refractivity (Wildman–Crippen MR) is 138 cm³/mol. The fourth-order valence-corrected chi connectivity index (χ4v) is 4.01. The molecule has 0 aliphatic heterocycles. The number of carbonyl (C=O) groups is 2. The molecule has 2 amide bonds. The Hall–Kier alpha value is -4.00. The van der Waals surface area contributed by atoms with Gasteiger partial charge in [-0.15, -0.1) is 5.10 Å². The molecule has 0 saturated heterocycles. The van der Waals surface area contributed by atoms with Crippen molar-refractivity contribution in [2.75, 3.05) is 11.4 Å². The molecule has 4 aromatic rings. The predicted octanol–water partition coefficient (Wildman–Crippen LogP) is 4.68. The Balaban J connectivity index is 1.73. The zero-order valence-electron chi connectivity index (χ0n) is 20.4. The summed E-state index contributed by atoms with van der Waals surface area (Å²) in [7, 11) is 0. The normalized spacial score (nSPS) is 12.0. The fraction of sp³-hybridized carbons (Fsp3) is 0.286. The smallest absolute Gasteiger partial charge is 0.249 e. The molecule has 1 aromatic heterocycles. The molecule has 0 bridgehead atoms. The molecule has 35 heavy (non-hydrogen) atoms. The summed E-state index contributed by atoms with van der Waals surface area (Å²) < 4.78 is 1.58. The summed E-state index contributed by atoms with van der Waals surface area (Å²) in [5.41, 5.74) is 3.95. The third kappa shape index (κ3) is 5.74. The number of rotatable bonds is 9. The Morgan fingerprint density at radius 3 is 2.34 bits per heavy atom. The van der Waals surface area contributed by atoms with Crippen molar-refractivity contribution in [2.24, 2.45) is 5.92 Å². The van der Waals surface area contributed by atoms with E-state index in [0.717, 1.165) is 23.1 Å². The first-order chi connectivity index (χ1) is 16.9. The summed E-state index contributed by atoms with van der Waals surface area (Å²) >= 11 is 0. The van der Waals surface area contributed by atoms with Crippen LogP contribution in [-0.4, -0.2) is 33.4 Å². The van der Waals surface area contributed by atoms with E-state index < -0.39 is 6.04 Å². The number of benzene rings is 3. The van der Waals surface area contributed by atoms with Gasteiger partial charge < -0.3 is 5.32 Å². The Morgan fingerprint density at radius 1 is 0.943 bits per heavy atom. The number of aromatic nitrogens is 3. The number of nitrogens with zero attached hydrogens (tertiary/aromatic N) is 4. The highest BCUT2D eigenvalue weighted by Gasteiger charge is 2.33. The van der Waals surface area contributed by atoms with Gasteiger partial charge in [0, 0.05) is 12.2 Å². The van der Waals surface area contributed by atoms with Gasteiger partial charge in [0.1, 0.15) is 18.1 Å². The third-order valence-corrected chi connectivity index (χ3v) is 5.93. The Labute approximate surface area is 205 Å². The maximum Gasteiger partial charge on any atom is 0.249 e. The van der Waals surface area contributed by atoms with Crippen LogP contribution in [0.5, 0.6) is 0 Å². The maximum absolute atomic E-state index is 13.9. The average Bonchev–Trinajstić information content (AvgIpc) is 3.26. The van der Waals surface area contributed by atoms with Crippen LogP contribution in [0.2, 0.25) is 0 Å². The van der Waals surface area contributed by atoms with Gasteiger partial charge in [0.25, 0.3) is 0 Å². The number of anilines is 1. The van der Waals surface area contributed by atoms with E-state index in [0.29, 0.717) is 23.7 Å². The summed E-state index contributed by atoms with van der Waals surface area (Å²) in [4.78, 5) is 29.1. The van der Waals surface area contributed by atoms with Crippen LogP contribution in [0.15, 0.2) is 78.9 Å². The number of hydrogen-bond donors (Lipinski definition) is 1. The van der Waals surface area contributed by atoms with Gasteiger partial charge in [-0.1, -0.05) is 79.2 Å². The van der Waals surface area contributed by atoms with Crippen LogP contribution in [0.3, 0.4) is 0 Å². The van der Waals surface area contributed by atoms with Crippen molar-refractivity contribution in [2.45, 2.75) is 39.8 Å². The second-order valence-electron chi connectivity index (χ2n) is 9.12. The summed E-state index contributed by atoms with van der Waals surface area (Å²) in [6.45, 7) is 6.72. The number of carbonyl (C=O) groups excluding carboxylic acids is 2. The van der Waals surface area contributed by atoms with Crippen molar-refractivity contribution in [1.29, 1.82) is 0 Å². The number of nitrogens with one attached hydrogen (secondary N) is 1. The molecule has 0 aliphatic rings. The molecular weight excluding hydrogens is 438 g/mol. The van der Waals surface area contributed by atoms with Crippen LogP contribution in [0.4, 0.5) is 5.69 Å². The second-order valence-corrected chi connectivity index (χ2v) is 9.12. The van der Waals surface area contributed by atoms with E-state index in [1.807, 2.05) is 85.8 Å². The molecule has 7 nitrogen and oxygen atoms in total. The van der Waals surface area contributed by atoms with Gasteiger partial charge in [0.2, 0.25) is 11.8 Å². The first-order valence-electron chi connectivity index (χ1n) is 11.9. The van der Waals surface area contributed by atoms with E-state index in [2.05, 4.69) is 29.5 Å². The lowest BCUT2D eigenvalue weighted by molar-refractivity contribution is -0.127. The molecule has 1 N–H and O–H groups in total. The van der Waals surface area contributed by atoms with E-state index in [1.54, 1.807) is 9.58 Å². The van der Waals surface area contributed by atoms with Crippen molar-refractivity contribution in [3.8, 4) is 0 Å². The largest absolute Gasteiger partial charge is 0.354 e. The van der Waals surface area contributed by atoms with Crippen LogP contribution in [-0.2, 0) is 16.1 Å². The van der Waals surface area contributed by atoms with Crippen LogP contribution in [0, 0.1) is 12.8 Å². The lowest BCUT2D eigenvalue weighted by Crippen LogP contribution is -2.45. The number of hydrogen-bond acceptors (Lipinski definition) is 4. The summed E-state index contributed by atoms with van der Waals surface area (Å²) in [6.07, 6.45) is 0.858. The summed E-state index contributed by atoms with van der Waals surface area (Å²) in [5.74, 6) is -0.00695. The highest BCUT2D eigenvalue weighted by Crippen LogP contribution is 2.29. The monoisotopic (exact) mass is 469 g/mol. The number of para-hydroxylation sites is 1. The quantitative estimate of drug-likeness (QED) is 0.386. The molecule has 0 aliphatic carbocycles. The van der Waals surface area contributed by atoms with Crippen molar-refractivity contribution >= 4 is 28.5 Å². The molecule has 7 heteroatoms. The van der Waals surface area contributed by atoms with E-state index >= 15 is 0 Å². The molecule has 4 rings (SSSR count). The Kier molecular flexibility index (Phi) is 7.55. The lowest BCUT2D eigenvalue weighted by Gasteiger charge is -2.31. The van der Waals surface area contributed by atoms with Gasteiger partial charge >= 0.3 is 0 Å². The Bertz CT molecular complexity index is 1280. The van der Waals surface area contributed by atoms with Crippen LogP contribution < -0.4 is 10.2 Å². The lowest BCUT2D eigenvalue weighted by atomic mass is 10.0. The minimum Gasteiger partial charge on any atom is -0.354 e. The highest BCUT2D eigenvalue weighted by molar-refractivity contribution is 6.01. The van der Waals surface area contributed by atoms with Crippen LogP contribution in [0.25, 0.3) is 11.0 Å². The molecular formula is C28H31N5O2. The molecule has 1 unspecified atom stereocenters. The van der Waals surface area contributed by atoms with Gasteiger partial charge in [-0.2, -0.15) is 0 Å². The van der Waals surface area contributed by atoms with E-state index in [-0.39, 0.29) is 18.4 Å². The topological polar surface area (TPSA) is 80.1 Å². The van der Waals surface area contributed by atoms with Crippen molar-refractivity contribution in [3.05, 3.63) is 90.0 Å². The van der Waals surface area contributed by atoms with E-state index in [1.165, 1.54) is 0 Å². The molecule has 3 aromatic carbocycles. The first-order valence-corrected chi connectivity index (χ1v) is 11.9. The van der Waals surface area contributed by atoms with E-state index in [9.17, 15) is 9.59 Å². The summed E-state index contributed by atoms with van der Waals surface area (Å²) in [6, 6.07) is 23.8. The fourth-order valence-electron chi connectivity index (χ4n) is 4.01. The van der Waals surface area contributed by atoms with Gasteiger partial charge in [-0.3, -0.25) is 14.5 Å². The second kappa shape index (κ2) is 11.0. The first kappa shape index (κ1) is 24.1. The molecule has 1 heterocycles. The minimum atomic E-state index is -0.826. The van der Waals surface area contributed by atoms with Gasteiger partial charge in [0.15, 0.2) is 0 Å². The van der Waals surface area contributed by atoms with Crippen LogP contribution >= 0.6 is 0 Å². The SMILES string of the molecule is Cc1ccc(N(C(=O)Cn2nnc3ccccc32)C(C(=O)NCCC(C)C)c2ccccc2)cc1. The Morgan fingerprint density at radius 2 is 1.63 bits per heavy atom. The minimum absolute atomic E-state index is 0.0446. The van der Waals surface area contributed by atoms with Gasteiger partial charge in [-0.05, 0) is 49.1 Å². The molecule has 1 atom stereocenters. The average molecular weight is 470 g/mol. The molecule has 0 radical (unpaired) electrons. The molecule has 0 saturated carbocycles. The molecule has 0 spiro atoms. The highest BCUT2D eigenvalue weighted by atomic mass is 16.2. The van der Waals surface area contributed by atoms with E-state index in [4.69, 9.17) is 0 Å². The van der Waals surface area contributed by atoms with Crippen LogP contribution in [0.1, 0.15) is 37.4 Å². The third-order valence-electron chi connectivity index (χ3n) is 5.93. The molecule has 0 fully saturated rings. The van der Waals surface area contributed by atoms with Crippen molar-refractivity contribution in [1.82, 2.24) is 20.3 Å². The standard InChI is InChI=1S/C28H31N5O2/c1-20(2)17-18-29-28(35)27(22-9-5-4-6-10-22)33(23-15-13-21(3)14-16-23)26(34)19-32-25-12-8-7-11-24(25)30-31-32/h4-16,20,27H,17-19H2,1-3H3,(H,29,35).